The van der Waals surface area contributed by atoms with Gasteiger partial charge in [-0.15, -0.1) is 0 Å². The first-order valence-electron chi connectivity index (χ1n) is 6.26. The van der Waals surface area contributed by atoms with Gasteiger partial charge in [-0.2, -0.15) is 0 Å². The van der Waals surface area contributed by atoms with Crippen LogP contribution in [0.4, 0.5) is 0 Å². The first kappa shape index (κ1) is 16.5. The number of amides is 2. The van der Waals surface area contributed by atoms with Crippen LogP contribution < -0.4 is 10.5 Å². The van der Waals surface area contributed by atoms with Crippen molar-refractivity contribution in [3.05, 3.63) is 28.7 Å². The maximum atomic E-state index is 12.3. The first-order chi connectivity index (χ1) is 9.31. The van der Waals surface area contributed by atoms with Gasteiger partial charge in [0.2, 0.25) is 5.91 Å². The average Bonchev–Trinajstić information content (AvgIpc) is 2.36. The number of hydrogen-bond acceptors (Lipinski definition) is 3. The fraction of sp³-hybridized carbons (Fsp3) is 0.429. The molecule has 0 radical (unpaired) electrons. The van der Waals surface area contributed by atoms with Crippen molar-refractivity contribution < 1.29 is 14.3 Å². The SMILES string of the molecule is CC(C)[C@H](Oc1ccc(Br)cc1)C(=O)N(C)CC(N)=O. The summed E-state index contributed by atoms with van der Waals surface area (Å²) in [5.41, 5.74) is 5.10. The Balaban J connectivity index is 2.81. The van der Waals surface area contributed by atoms with Crippen molar-refractivity contribution in [2.45, 2.75) is 20.0 Å². The van der Waals surface area contributed by atoms with Gasteiger partial charge in [-0.3, -0.25) is 9.59 Å². The number of carbonyl (C=O) groups is 2. The van der Waals surface area contributed by atoms with Crippen LogP contribution in [0.15, 0.2) is 28.7 Å². The summed E-state index contributed by atoms with van der Waals surface area (Å²) in [7, 11) is 1.54. The van der Waals surface area contributed by atoms with Crippen LogP contribution in [0.1, 0.15) is 13.8 Å². The summed E-state index contributed by atoms with van der Waals surface area (Å²) in [6, 6.07) is 7.23. The molecule has 2 N–H and O–H groups in total. The van der Waals surface area contributed by atoms with Crippen molar-refractivity contribution in [2.24, 2.45) is 11.7 Å². The molecule has 6 heteroatoms. The predicted molar refractivity (Wildman–Crippen MR) is 80.2 cm³/mol. The van der Waals surface area contributed by atoms with Crippen LogP contribution in [0.3, 0.4) is 0 Å². The standard InChI is InChI=1S/C14H19BrN2O3/c1-9(2)13(14(19)17(3)8-12(16)18)20-11-6-4-10(15)5-7-11/h4-7,9,13H,8H2,1-3H3,(H2,16,18)/t13-/m0/s1. The van der Waals surface area contributed by atoms with Gasteiger partial charge in [0.1, 0.15) is 5.75 Å². The summed E-state index contributed by atoms with van der Waals surface area (Å²) in [6.07, 6.45) is -0.652. The van der Waals surface area contributed by atoms with Crippen LogP contribution in [0.2, 0.25) is 0 Å². The lowest BCUT2D eigenvalue weighted by Gasteiger charge is -2.26. The molecule has 2 amide bonds. The molecule has 0 heterocycles. The van der Waals surface area contributed by atoms with Crippen molar-refractivity contribution >= 4 is 27.7 Å². The van der Waals surface area contributed by atoms with E-state index in [0.717, 1.165) is 4.47 Å². The van der Waals surface area contributed by atoms with Crippen LogP contribution in [-0.4, -0.2) is 36.4 Å². The second-order valence-electron chi connectivity index (χ2n) is 4.90. The molecule has 0 fully saturated rings. The lowest BCUT2D eigenvalue weighted by atomic mass is 10.1. The zero-order valence-electron chi connectivity index (χ0n) is 11.8. The molecule has 0 saturated carbocycles. The molecule has 0 bridgehead atoms. The summed E-state index contributed by atoms with van der Waals surface area (Å²) in [5, 5.41) is 0. The molecule has 0 aromatic heterocycles. The Bertz CT molecular complexity index is 474. The first-order valence-corrected chi connectivity index (χ1v) is 7.06. The molecule has 0 aliphatic carbocycles. The van der Waals surface area contributed by atoms with Gasteiger partial charge in [-0.25, -0.2) is 0 Å². The third-order valence-corrected chi connectivity index (χ3v) is 3.22. The van der Waals surface area contributed by atoms with E-state index in [0.29, 0.717) is 5.75 Å². The van der Waals surface area contributed by atoms with E-state index in [1.165, 1.54) is 11.9 Å². The number of nitrogens with zero attached hydrogens (tertiary/aromatic N) is 1. The molecule has 20 heavy (non-hydrogen) atoms. The predicted octanol–water partition coefficient (Wildman–Crippen LogP) is 1.80. The van der Waals surface area contributed by atoms with Crippen LogP contribution in [0.25, 0.3) is 0 Å². The monoisotopic (exact) mass is 342 g/mol. The summed E-state index contributed by atoms with van der Waals surface area (Å²) < 4.78 is 6.66. The Kier molecular flexibility index (Phi) is 6.01. The number of nitrogens with two attached hydrogens (primary N) is 1. The van der Waals surface area contributed by atoms with E-state index in [1.54, 1.807) is 12.1 Å². The van der Waals surface area contributed by atoms with E-state index in [4.69, 9.17) is 10.5 Å². The molecule has 110 valence electrons. The Hall–Kier alpha value is -1.56. The van der Waals surface area contributed by atoms with Gasteiger partial charge in [-0.05, 0) is 30.2 Å². The van der Waals surface area contributed by atoms with Crippen LogP contribution >= 0.6 is 15.9 Å². The Morgan fingerprint density at radius 2 is 1.85 bits per heavy atom. The maximum Gasteiger partial charge on any atom is 0.264 e. The third-order valence-electron chi connectivity index (χ3n) is 2.69. The lowest BCUT2D eigenvalue weighted by molar-refractivity contribution is -0.141. The largest absolute Gasteiger partial charge is 0.480 e. The van der Waals surface area contributed by atoms with E-state index >= 15 is 0 Å². The van der Waals surface area contributed by atoms with E-state index < -0.39 is 12.0 Å². The van der Waals surface area contributed by atoms with Crippen molar-refractivity contribution in [1.82, 2.24) is 4.90 Å². The van der Waals surface area contributed by atoms with Gasteiger partial charge in [0.25, 0.3) is 5.91 Å². The molecule has 5 nitrogen and oxygen atoms in total. The van der Waals surface area contributed by atoms with Crippen molar-refractivity contribution in [2.75, 3.05) is 13.6 Å². The van der Waals surface area contributed by atoms with E-state index in [1.807, 2.05) is 26.0 Å². The zero-order chi connectivity index (χ0) is 15.3. The van der Waals surface area contributed by atoms with E-state index in [-0.39, 0.29) is 18.4 Å². The highest BCUT2D eigenvalue weighted by atomic mass is 79.9. The molecule has 0 unspecified atom stereocenters. The number of benzene rings is 1. The molecule has 0 spiro atoms. The molecule has 1 aromatic rings. The molecule has 1 atom stereocenters. The molecule has 0 saturated heterocycles. The highest BCUT2D eigenvalue weighted by Crippen LogP contribution is 2.20. The summed E-state index contributed by atoms with van der Waals surface area (Å²) in [4.78, 5) is 24.4. The topological polar surface area (TPSA) is 72.6 Å². The molecule has 0 aliphatic heterocycles. The third kappa shape index (κ3) is 4.85. The van der Waals surface area contributed by atoms with E-state index in [9.17, 15) is 9.59 Å². The van der Waals surface area contributed by atoms with Crippen LogP contribution in [0, 0.1) is 5.92 Å². The van der Waals surface area contributed by atoms with Crippen LogP contribution in [0.5, 0.6) is 5.75 Å². The summed E-state index contributed by atoms with van der Waals surface area (Å²) in [5.74, 6) is -0.233. The minimum absolute atomic E-state index is 0.0264. The number of carbonyl (C=O) groups excluding carboxylic acids is 2. The van der Waals surface area contributed by atoms with Gasteiger partial charge in [-0.1, -0.05) is 29.8 Å². The smallest absolute Gasteiger partial charge is 0.264 e. The van der Waals surface area contributed by atoms with Gasteiger partial charge >= 0.3 is 0 Å². The van der Waals surface area contributed by atoms with Crippen LogP contribution in [-0.2, 0) is 9.59 Å². The summed E-state index contributed by atoms with van der Waals surface area (Å²) in [6.45, 7) is 3.66. The second-order valence-corrected chi connectivity index (χ2v) is 5.81. The fourth-order valence-electron chi connectivity index (χ4n) is 1.66. The van der Waals surface area contributed by atoms with E-state index in [2.05, 4.69) is 15.9 Å². The van der Waals surface area contributed by atoms with Crippen molar-refractivity contribution in [1.29, 1.82) is 0 Å². The molecule has 0 aliphatic rings. The van der Waals surface area contributed by atoms with Gasteiger partial charge in [0, 0.05) is 11.5 Å². The fourth-order valence-corrected chi connectivity index (χ4v) is 1.92. The number of primary amides is 1. The number of likely N-dealkylation sites (N-methyl/N-ethyl adjacent to an activating group) is 1. The number of ether oxygens (including phenoxy) is 1. The molecular weight excluding hydrogens is 324 g/mol. The van der Waals surface area contributed by atoms with Gasteiger partial charge < -0.3 is 15.4 Å². The maximum absolute atomic E-state index is 12.3. The number of hydrogen-bond donors (Lipinski definition) is 1. The van der Waals surface area contributed by atoms with Crippen molar-refractivity contribution in [3.8, 4) is 5.75 Å². The normalized spacial score (nSPS) is 12.1. The highest BCUT2D eigenvalue weighted by Gasteiger charge is 2.27. The van der Waals surface area contributed by atoms with Gasteiger partial charge in [0.05, 0.1) is 6.54 Å². The molecular formula is C14H19BrN2O3. The second kappa shape index (κ2) is 7.28. The minimum atomic E-state index is -0.652. The number of rotatable bonds is 6. The molecule has 1 aromatic carbocycles. The number of halogens is 1. The Labute approximate surface area is 127 Å². The summed E-state index contributed by atoms with van der Waals surface area (Å²) >= 11 is 3.34. The quantitative estimate of drug-likeness (QED) is 0.856. The zero-order valence-corrected chi connectivity index (χ0v) is 13.4. The average molecular weight is 343 g/mol. The van der Waals surface area contributed by atoms with Crippen molar-refractivity contribution in [3.63, 3.8) is 0 Å². The van der Waals surface area contributed by atoms with Gasteiger partial charge in [0.15, 0.2) is 6.10 Å². The molecule has 1 rings (SSSR count). The Morgan fingerprint density at radius 3 is 2.30 bits per heavy atom. The minimum Gasteiger partial charge on any atom is -0.480 e. The lowest BCUT2D eigenvalue weighted by Crippen LogP contribution is -2.45. The Morgan fingerprint density at radius 1 is 1.30 bits per heavy atom. The highest BCUT2D eigenvalue weighted by molar-refractivity contribution is 9.10.